The van der Waals surface area contributed by atoms with Crippen molar-refractivity contribution in [3.8, 4) is 0 Å². The number of carboxylic acids is 2. The Morgan fingerprint density at radius 2 is 1.26 bits per heavy atom. The van der Waals surface area contributed by atoms with Crippen molar-refractivity contribution in [3.63, 3.8) is 0 Å². The van der Waals surface area contributed by atoms with E-state index in [1.807, 2.05) is 0 Å². The van der Waals surface area contributed by atoms with Crippen LogP contribution in [0.25, 0.3) is 0 Å². The summed E-state index contributed by atoms with van der Waals surface area (Å²) in [6.07, 6.45) is 21.6. The molecule has 5 nitrogen and oxygen atoms in total. The van der Waals surface area contributed by atoms with Gasteiger partial charge in [-0.1, -0.05) is 76.9 Å². The standard InChI is InChI=1S/C22H41NO4/c1-2-3-4-5-6-7-8-9-10-11-12-13-14-15-16-17-18-23-20(22(26)27)19-21(24)25/h9-10,20,23H,2-8,11-19H2,1H3,(H,24,25)(H,26,27)/t20-/m0/s1. The molecule has 0 amide bonds. The van der Waals surface area contributed by atoms with Gasteiger partial charge in [-0.15, -0.1) is 0 Å². The first kappa shape index (κ1) is 25.6. The van der Waals surface area contributed by atoms with E-state index < -0.39 is 18.0 Å². The molecule has 0 rings (SSSR count). The van der Waals surface area contributed by atoms with E-state index in [1.54, 1.807) is 0 Å². The first-order chi connectivity index (χ1) is 13.1. The summed E-state index contributed by atoms with van der Waals surface area (Å²) < 4.78 is 0. The van der Waals surface area contributed by atoms with E-state index in [0.717, 1.165) is 19.3 Å². The highest BCUT2D eigenvalue weighted by molar-refractivity contribution is 5.80. The van der Waals surface area contributed by atoms with Crippen LogP contribution in [0.4, 0.5) is 0 Å². The Hall–Kier alpha value is -1.36. The van der Waals surface area contributed by atoms with Crippen molar-refractivity contribution in [2.24, 2.45) is 0 Å². The maximum atomic E-state index is 10.9. The van der Waals surface area contributed by atoms with E-state index in [4.69, 9.17) is 10.2 Å². The number of unbranched alkanes of at least 4 members (excludes halogenated alkanes) is 12. The van der Waals surface area contributed by atoms with Crippen LogP contribution in [0.2, 0.25) is 0 Å². The van der Waals surface area contributed by atoms with Gasteiger partial charge in [0.15, 0.2) is 0 Å². The fourth-order valence-corrected chi connectivity index (χ4v) is 3.07. The van der Waals surface area contributed by atoms with E-state index in [1.165, 1.54) is 70.6 Å². The molecule has 0 saturated carbocycles. The highest BCUT2D eigenvalue weighted by Gasteiger charge is 2.19. The Morgan fingerprint density at radius 3 is 1.74 bits per heavy atom. The third-order valence-electron chi connectivity index (χ3n) is 4.76. The predicted molar refractivity (Wildman–Crippen MR) is 111 cm³/mol. The molecule has 0 aliphatic rings. The quantitative estimate of drug-likeness (QED) is 0.190. The van der Waals surface area contributed by atoms with Crippen molar-refractivity contribution in [1.29, 1.82) is 0 Å². The van der Waals surface area contributed by atoms with Crippen molar-refractivity contribution < 1.29 is 19.8 Å². The smallest absolute Gasteiger partial charge is 0.321 e. The Bertz CT molecular complexity index is 396. The molecule has 0 radical (unpaired) electrons. The van der Waals surface area contributed by atoms with E-state index in [0.29, 0.717) is 6.54 Å². The zero-order valence-electron chi connectivity index (χ0n) is 17.3. The summed E-state index contributed by atoms with van der Waals surface area (Å²) in [6, 6.07) is -0.981. The molecule has 0 aliphatic carbocycles. The second-order valence-corrected chi connectivity index (χ2v) is 7.38. The molecule has 0 spiro atoms. The average molecular weight is 384 g/mol. The van der Waals surface area contributed by atoms with Gasteiger partial charge in [-0.25, -0.2) is 0 Å². The summed E-state index contributed by atoms with van der Waals surface area (Å²) in [6.45, 7) is 2.81. The van der Waals surface area contributed by atoms with E-state index in [-0.39, 0.29) is 6.42 Å². The van der Waals surface area contributed by atoms with E-state index in [2.05, 4.69) is 24.4 Å². The molecule has 3 N–H and O–H groups in total. The lowest BCUT2D eigenvalue weighted by atomic mass is 10.1. The van der Waals surface area contributed by atoms with Gasteiger partial charge in [0.2, 0.25) is 0 Å². The highest BCUT2D eigenvalue weighted by atomic mass is 16.4. The largest absolute Gasteiger partial charge is 0.481 e. The minimum atomic E-state index is -1.10. The normalized spacial score (nSPS) is 12.5. The lowest BCUT2D eigenvalue weighted by Gasteiger charge is -2.11. The van der Waals surface area contributed by atoms with Gasteiger partial charge in [-0.05, 0) is 38.6 Å². The van der Waals surface area contributed by atoms with Gasteiger partial charge in [-0.2, -0.15) is 0 Å². The molecule has 0 bridgehead atoms. The Morgan fingerprint density at radius 1 is 0.778 bits per heavy atom. The first-order valence-electron chi connectivity index (χ1n) is 10.9. The molecule has 5 heteroatoms. The van der Waals surface area contributed by atoms with Crippen LogP contribution in [0.1, 0.15) is 103 Å². The summed E-state index contributed by atoms with van der Waals surface area (Å²) in [7, 11) is 0. The first-order valence-corrected chi connectivity index (χ1v) is 10.9. The van der Waals surface area contributed by atoms with Crippen LogP contribution < -0.4 is 5.32 Å². The van der Waals surface area contributed by atoms with Gasteiger partial charge in [-0.3, -0.25) is 9.59 Å². The third-order valence-corrected chi connectivity index (χ3v) is 4.76. The zero-order valence-corrected chi connectivity index (χ0v) is 17.3. The van der Waals surface area contributed by atoms with Crippen molar-refractivity contribution in [3.05, 3.63) is 12.2 Å². The SMILES string of the molecule is CCCCCCCCC=CCCCCCCCCN[C@@H](CC(=O)O)C(=O)O. The third kappa shape index (κ3) is 19.2. The van der Waals surface area contributed by atoms with Crippen LogP contribution in [0.3, 0.4) is 0 Å². The molecule has 1 atom stereocenters. The second kappa shape index (κ2) is 19.4. The lowest BCUT2D eigenvalue weighted by molar-refractivity contribution is -0.145. The average Bonchev–Trinajstić information content (AvgIpc) is 2.62. The fourth-order valence-electron chi connectivity index (χ4n) is 3.07. The van der Waals surface area contributed by atoms with Crippen LogP contribution in [0, 0.1) is 0 Å². The van der Waals surface area contributed by atoms with Crippen molar-refractivity contribution >= 4 is 11.9 Å². The molecule has 0 aliphatic heterocycles. The van der Waals surface area contributed by atoms with Crippen LogP contribution in [-0.2, 0) is 9.59 Å². The van der Waals surface area contributed by atoms with Gasteiger partial charge >= 0.3 is 11.9 Å². The van der Waals surface area contributed by atoms with Crippen molar-refractivity contribution in [2.45, 2.75) is 109 Å². The van der Waals surface area contributed by atoms with Gasteiger partial charge in [0.1, 0.15) is 6.04 Å². The minimum Gasteiger partial charge on any atom is -0.481 e. The highest BCUT2D eigenvalue weighted by Crippen LogP contribution is 2.09. The molecule has 0 aromatic heterocycles. The molecule has 27 heavy (non-hydrogen) atoms. The van der Waals surface area contributed by atoms with Gasteiger partial charge in [0, 0.05) is 0 Å². The maximum absolute atomic E-state index is 10.9. The number of nitrogens with one attached hydrogen (secondary N) is 1. The number of carboxylic acid groups (broad SMARTS) is 2. The van der Waals surface area contributed by atoms with Crippen LogP contribution in [0.5, 0.6) is 0 Å². The van der Waals surface area contributed by atoms with Crippen LogP contribution >= 0.6 is 0 Å². The number of aliphatic carboxylic acids is 2. The second-order valence-electron chi connectivity index (χ2n) is 7.38. The number of rotatable bonds is 20. The molecule has 0 fully saturated rings. The molecule has 0 saturated heterocycles. The molecular formula is C22H41NO4. The fraction of sp³-hybridized carbons (Fsp3) is 0.818. The van der Waals surface area contributed by atoms with Crippen LogP contribution in [-0.4, -0.2) is 34.7 Å². The molecule has 0 unspecified atom stereocenters. The Labute approximate surface area is 165 Å². The summed E-state index contributed by atoms with van der Waals surface area (Å²) in [5.74, 6) is -2.18. The topological polar surface area (TPSA) is 86.6 Å². The summed E-state index contributed by atoms with van der Waals surface area (Å²) in [4.78, 5) is 21.5. The summed E-state index contributed by atoms with van der Waals surface area (Å²) in [5.41, 5.74) is 0. The molecule has 0 heterocycles. The summed E-state index contributed by atoms with van der Waals surface area (Å²) >= 11 is 0. The molecular weight excluding hydrogens is 342 g/mol. The van der Waals surface area contributed by atoms with Crippen molar-refractivity contribution in [2.75, 3.05) is 6.54 Å². The zero-order chi connectivity index (χ0) is 20.2. The molecule has 0 aromatic rings. The van der Waals surface area contributed by atoms with E-state index in [9.17, 15) is 9.59 Å². The number of hydrogen-bond donors (Lipinski definition) is 3. The lowest BCUT2D eigenvalue weighted by Crippen LogP contribution is -2.39. The monoisotopic (exact) mass is 383 g/mol. The van der Waals surface area contributed by atoms with Crippen LogP contribution in [0.15, 0.2) is 12.2 Å². The molecule has 0 aromatic carbocycles. The van der Waals surface area contributed by atoms with Gasteiger partial charge < -0.3 is 15.5 Å². The van der Waals surface area contributed by atoms with Gasteiger partial charge in [0.05, 0.1) is 6.42 Å². The number of carbonyl (C=O) groups is 2. The Balaban J connectivity index is 3.34. The number of allylic oxidation sites excluding steroid dienone is 2. The number of hydrogen-bond acceptors (Lipinski definition) is 3. The minimum absolute atomic E-state index is 0.373. The predicted octanol–water partition coefficient (Wildman–Crippen LogP) is 5.54. The van der Waals surface area contributed by atoms with E-state index >= 15 is 0 Å². The maximum Gasteiger partial charge on any atom is 0.321 e. The Kier molecular flexibility index (Phi) is 18.4. The van der Waals surface area contributed by atoms with Crippen molar-refractivity contribution in [1.82, 2.24) is 5.32 Å². The molecule has 158 valence electrons. The summed E-state index contributed by atoms with van der Waals surface area (Å²) in [5, 5.41) is 20.4. The van der Waals surface area contributed by atoms with Gasteiger partial charge in [0.25, 0.3) is 0 Å².